The average Bonchev–Trinajstić information content (AvgIpc) is 3.07. The van der Waals surface area contributed by atoms with E-state index in [0.29, 0.717) is 25.6 Å². The molecule has 2 atom stereocenters. The van der Waals surface area contributed by atoms with Gasteiger partial charge in [-0.05, 0) is 30.7 Å². The van der Waals surface area contributed by atoms with Gasteiger partial charge in [-0.1, -0.05) is 18.9 Å². The van der Waals surface area contributed by atoms with Crippen LogP contribution in [-0.2, 0) is 11.3 Å². The molecule has 6 nitrogen and oxygen atoms in total. The van der Waals surface area contributed by atoms with E-state index < -0.39 is 0 Å². The number of aromatic nitrogens is 1. The third kappa shape index (κ3) is 4.63. The van der Waals surface area contributed by atoms with Crippen LogP contribution in [-0.4, -0.2) is 56.3 Å². The third-order valence-corrected chi connectivity index (χ3v) is 5.30. The minimum Gasteiger partial charge on any atom is -0.475 e. The van der Waals surface area contributed by atoms with Gasteiger partial charge in [0.15, 0.2) is 5.96 Å². The molecule has 1 saturated carbocycles. The van der Waals surface area contributed by atoms with Crippen molar-refractivity contribution in [3.63, 3.8) is 0 Å². The van der Waals surface area contributed by atoms with Crippen LogP contribution in [0.4, 0.5) is 0 Å². The van der Waals surface area contributed by atoms with Crippen LogP contribution < -0.4 is 10.1 Å². The first-order valence-electron chi connectivity index (χ1n) is 9.33. The first-order valence-corrected chi connectivity index (χ1v) is 9.33. The first kappa shape index (κ1) is 18.0. The molecule has 1 N–H and O–H groups in total. The fourth-order valence-electron chi connectivity index (χ4n) is 4.00. The average molecular weight is 346 g/mol. The molecule has 0 aromatic carbocycles. The zero-order valence-electron chi connectivity index (χ0n) is 15.4. The van der Waals surface area contributed by atoms with E-state index in [1.807, 2.05) is 19.2 Å². The molecular weight excluding hydrogens is 316 g/mol. The number of hydrogen-bond acceptors (Lipinski definition) is 4. The fraction of sp³-hybridized carbons (Fsp3) is 0.684. The van der Waals surface area contributed by atoms with Crippen molar-refractivity contribution in [1.29, 1.82) is 0 Å². The van der Waals surface area contributed by atoms with Gasteiger partial charge in [0.2, 0.25) is 5.88 Å². The number of rotatable bonds is 6. The van der Waals surface area contributed by atoms with Crippen LogP contribution in [0.1, 0.15) is 31.2 Å². The van der Waals surface area contributed by atoms with E-state index in [2.05, 4.69) is 20.2 Å². The molecule has 1 aliphatic carbocycles. The number of nitrogens with zero attached hydrogens (tertiary/aromatic N) is 3. The van der Waals surface area contributed by atoms with E-state index >= 15 is 0 Å². The Morgan fingerprint density at radius 2 is 2.04 bits per heavy atom. The Hall–Kier alpha value is -1.82. The van der Waals surface area contributed by atoms with Crippen LogP contribution in [0.2, 0.25) is 0 Å². The number of aliphatic imine (C=N–C) groups is 1. The molecule has 3 rings (SSSR count). The molecule has 0 bridgehead atoms. The quantitative estimate of drug-likeness (QED) is 0.487. The lowest BCUT2D eigenvalue weighted by atomic mass is 9.82. The second-order valence-corrected chi connectivity index (χ2v) is 6.92. The summed E-state index contributed by atoms with van der Waals surface area (Å²) in [7, 11) is 3.53. The second kappa shape index (κ2) is 9.04. The van der Waals surface area contributed by atoms with Crippen molar-refractivity contribution in [3.8, 4) is 5.88 Å². The molecule has 1 aliphatic heterocycles. The lowest BCUT2D eigenvalue weighted by Gasteiger charge is -2.22. The van der Waals surface area contributed by atoms with Gasteiger partial charge in [0.1, 0.15) is 6.61 Å². The molecule has 6 heteroatoms. The van der Waals surface area contributed by atoms with Crippen LogP contribution >= 0.6 is 0 Å². The normalized spacial score (nSPS) is 23.4. The summed E-state index contributed by atoms with van der Waals surface area (Å²) < 4.78 is 10.8. The topological polar surface area (TPSA) is 59.0 Å². The third-order valence-electron chi connectivity index (χ3n) is 5.30. The highest BCUT2D eigenvalue weighted by atomic mass is 16.5. The monoisotopic (exact) mass is 346 g/mol. The maximum absolute atomic E-state index is 5.72. The van der Waals surface area contributed by atoms with Crippen molar-refractivity contribution in [1.82, 2.24) is 15.2 Å². The molecule has 2 unspecified atom stereocenters. The Bertz CT molecular complexity index is 564. The zero-order chi connectivity index (χ0) is 17.5. The molecule has 0 spiro atoms. The number of nitrogens with one attached hydrogen (secondary N) is 1. The van der Waals surface area contributed by atoms with Crippen LogP contribution in [0.25, 0.3) is 0 Å². The summed E-state index contributed by atoms with van der Waals surface area (Å²) in [5, 5.41) is 3.49. The summed E-state index contributed by atoms with van der Waals surface area (Å²) in [6.45, 7) is 3.99. The van der Waals surface area contributed by atoms with Gasteiger partial charge in [-0.15, -0.1) is 0 Å². The van der Waals surface area contributed by atoms with Crippen LogP contribution in [0, 0.1) is 11.8 Å². The van der Waals surface area contributed by atoms with Crippen molar-refractivity contribution < 1.29 is 9.47 Å². The predicted molar refractivity (Wildman–Crippen MR) is 98.8 cm³/mol. The number of fused-ring (bicyclic) bond motifs is 1. The van der Waals surface area contributed by atoms with Crippen molar-refractivity contribution in [2.24, 2.45) is 16.8 Å². The second-order valence-electron chi connectivity index (χ2n) is 6.92. The van der Waals surface area contributed by atoms with Crippen molar-refractivity contribution in [2.75, 3.05) is 40.5 Å². The van der Waals surface area contributed by atoms with Gasteiger partial charge in [-0.3, -0.25) is 4.99 Å². The highest BCUT2D eigenvalue weighted by Gasteiger charge is 2.35. The van der Waals surface area contributed by atoms with Crippen molar-refractivity contribution in [3.05, 3.63) is 23.9 Å². The van der Waals surface area contributed by atoms with Crippen LogP contribution in [0.15, 0.2) is 23.3 Å². The molecule has 1 aromatic heterocycles. The smallest absolute Gasteiger partial charge is 0.218 e. The molecule has 2 heterocycles. The molecule has 2 fully saturated rings. The van der Waals surface area contributed by atoms with Crippen LogP contribution in [0.3, 0.4) is 0 Å². The standard InChI is InChI=1S/C19H30N4O2/c1-20-19(23-13-16-6-3-4-7-17(16)14-23)22-12-15-8-5-9-21-18(15)25-11-10-24-2/h5,8-9,16-17H,3-4,6-7,10-14H2,1-2H3,(H,20,22). The predicted octanol–water partition coefficient (Wildman–Crippen LogP) is 2.30. The summed E-state index contributed by atoms with van der Waals surface area (Å²) in [5.41, 5.74) is 1.04. The highest BCUT2D eigenvalue weighted by molar-refractivity contribution is 5.80. The van der Waals surface area contributed by atoms with E-state index in [1.165, 1.54) is 25.7 Å². The molecule has 138 valence electrons. The van der Waals surface area contributed by atoms with Gasteiger partial charge >= 0.3 is 0 Å². The number of hydrogen-bond donors (Lipinski definition) is 1. The number of methoxy groups -OCH3 is 1. The summed E-state index contributed by atoms with van der Waals surface area (Å²) in [5.74, 6) is 3.34. The number of pyridine rings is 1. The largest absolute Gasteiger partial charge is 0.475 e. The zero-order valence-corrected chi connectivity index (χ0v) is 15.4. The maximum Gasteiger partial charge on any atom is 0.218 e. The van der Waals surface area contributed by atoms with E-state index in [9.17, 15) is 0 Å². The summed E-state index contributed by atoms with van der Waals surface area (Å²) in [6.07, 6.45) is 7.28. The first-order chi connectivity index (χ1) is 12.3. The molecular formula is C19H30N4O2. The van der Waals surface area contributed by atoms with Gasteiger partial charge in [0.05, 0.1) is 6.61 Å². The number of likely N-dealkylation sites (tertiary alicyclic amines) is 1. The number of guanidine groups is 1. The molecule has 25 heavy (non-hydrogen) atoms. The van der Waals surface area contributed by atoms with Gasteiger partial charge in [0.25, 0.3) is 0 Å². The molecule has 1 aromatic rings. The van der Waals surface area contributed by atoms with Gasteiger partial charge < -0.3 is 19.7 Å². The Morgan fingerprint density at radius 1 is 1.28 bits per heavy atom. The molecule has 0 radical (unpaired) electrons. The summed E-state index contributed by atoms with van der Waals surface area (Å²) in [4.78, 5) is 11.3. The highest BCUT2D eigenvalue weighted by Crippen LogP contribution is 2.35. The maximum atomic E-state index is 5.72. The Balaban J connectivity index is 1.57. The van der Waals surface area contributed by atoms with E-state index in [0.717, 1.165) is 36.4 Å². The SMILES string of the molecule is CN=C(NCc1cccnc1OCCOC)N1CC2CCCCC2C1. The van der Waals surface area contributed by atoms with Crippen molar-refractivity contribution >= 4 is 5.96 Å². The Morgan fingerprint density at radius 3 is 2.72 bits per heavy atom. The van der Waals surface area contributed by atoms with E-state index in [4.69, 9.17) is 9.47 Å². The van der Waals surface area contributed by atoms with Gasteiger partial charge in [0, 0.05) is 45.6 Å². The lowest BCUT2D eigenvalue weighted by molar-refractivity contribution is 0.143. The summed E-state index contributed by atoms with van der Waals surface area (Å²) in [6, 6.07) is 3.98. The molecule has 1 saturated heterocycles. The fourth-order valence-corrected chi connectivity index (χ4v) is 4.00. The lowest BCUT2D eigenvalue weighted by Crippen LogP contribution is -2.40. The van der Waals surface area contributed by atoms with E-state index in [-0.39, 0.29) is 0 Å². The minimum atomic E-state index is 0.505. The van der Waals surface area contributed by atoms with Gasteiger partial charge in [-0.25, -0.2) is 4.98 Å². The van der Waals surface area contributed by atoms with Crippen LogP contribution in [0.5, 0.6) is 5.88 Å². The van der Waals surface area contributed by atoms with Crippen molar-refractivity contribution in [2.45, 2.75) is 32.2 Å². The van der Waals surface area contributed by atoms with Gasteiger partial charge in [-0.2, -0.15) is 0 Å². The Kier molecular flexibility index (Phi) is 6.50. The molecule has 2 aliphatic rings. The molecule has 0 amide bonds. The Labute approximate surface area is 150 Å². The minimum absolute atomic E-state index is 0.505. The number of ether oxygens (including phenoxy) is 2. The van der Waals surface area contributed by atoms with E-state index in [1.54, 1.807) is 13.3 Å². The summed E-state index contributed by atoms with van der Waals surface area (Å²) >= 11 is 0.